The van der Waals surface area contributed by atoms with Gasteiger partial charge in [0.25, 0.3) is 5.91 Å². The number of amides is 1. The molecule has 2 aromatic heterocycles. The summed E-state index contributed by atoms with van der Waals surface area (Å²) in [5.74, 6) is 1.39. The van der Waals surface area contributed by atoms with E-state index >= 15 is 0 Å². The summed E-state index contributed by atoms with van der Waals surface area (Å²) in [5.41, 5.74) is 0.326. The molecule has 0 saturated carbocycles. The quantitative estimate of drug-likeness (QED) is 0.800. The Morgan fingerprint density at radius 1 is 1.25 bits per heavy atom. The Kier molecular flexibility index (Phi) is 3.60. The van der Waals surface area contributed by atoms with E-state index in [2.05, 4.69) is 15.5 Å². The minimum Gasteiger partial charge on any atom is -0.451 e. The van der Waals surface area contributed by atoms with Crippen LogP contribution in [0.25, 0.3) is 11.3 Å². The number of fused-ring (bicyclic) bond motifs is 1. The molecule has 0 fully saturated rings. The average molecular weight is 326 g/mol. The minimum atomic E-state index is -0.391. The monoisotopic (exact) mass is 326 g/mol. The molecule has 24 heavy (non-hydrogen) atoms. The number of hydrogen-bond acceptors (Lipinski definition) is 4. The molecule has 0 atom stereocenters. The molecule has 3 aromatic rings. The van der Waals surface area contributed by atoms with E-state index in [9.17, 15) is 9.18 Å². The topological polar surface area (TPSA) is 73.0 Å². The summed E-state index contributed by atoms with van der Waals surface area (Å²) in [5, 5.41) is 10.9. The first kappa shape index (κ1) is 14.6. The van der Waals surface area contributed by atoms with Gasteiger partial charge in [-0.3, -0.25) is 4.79 Å². The lowest BCUT2D eigenvalue weighted by Crippen LogP contribution is -2.24. The van der Waals surface area contributed by atoms with E-state index in [4.69, 9.17) is 4.42 Å². The number of carbonyl (C=O) groups is 1. The zero-order chi connectivity index (χ0) is 16.5. The Labute approximate surface area is 137 Å². The summed E-state index contributed by atoms with van der Waals surface area (Å²) in [6.45, 7) is 1.16. The Morgan fingerprint density at radius 3 is 3.00 bits per heavy atom. The molecule has 0 aliphatic carbocycles. The first-order valence-corrected chi connectivity index (χ1v) is 7.76. The second-order valence-corrected chi connectivity index (χ2v) is 5.61. The molecule has 1 amide bonds. The third kappa shape index (κ3) is 2.58. The second-order valence-electron chi connectivity index (χ2n) is 5.61. The lowest BCUT2D eigenvalue weighted by atomic mass is 10.1. The molecule has 1 aliphatic heterocycles. The highest BCUT2D eigenvalue weighted by Crippen LogP contribution is 2.24. The first-order chi connectivity index (χ1) is 11.7. The zero-order valence-corrected chi connectivity index (χ0v) is 12.8. The largest absolute Gasteiger partial charge is 0.451 e. The molecule has 0 saturated heterocycles. The van der Waals surface area contributed by atoms with E-state index in [1.54, 1.807) is 24.3 Å². The van der Waals surface area contributed by atoms with E-state index < -0.39 is 5.82 Å². The maximum atomic E-state index is 13.8. The minimum absolute atomic E-state index is 0.134. The highest BCUT2D eigenvalue weighted by molar-refractivity contribution is 5.92. The van der Waals surface area contributed by atoms with Crippen molar-refractivity contribution in [2.24, 2.45) is 0 Å². The fourth-order valence-electron chi connectivity index (χ4n) is 2.85. The maximum Gasteiger partial charge on any atom is 0.287 e. The van der Waals surface area contributed by atoms with Crippen LogP contribution in [0.1, 0.15) is 28.6 Å². The number of benzene rings is 1. The van der Waals surface area contributed by atoms with Gasteiger partial charge in [-0.05, 0) is 30.7 Å². The predicted molar refractivity (Wildman–Crippen MR) is 83.6 cm³/mol. The Morgan fingerprint density at radius 2 is 2.12 bits per heavy atom. The van der Waals surface area contributed by atoms with Crippen molar-refractivity contribution in [3.8, 4) is 11.3 Å². The average Bonchev–Trinajstić information content (AvgIpc) is 3.30. The van der Waals surface area contributed by atoms with Gasteiger partial charge in [0.2, 0.25) is 0 Å². The predicted octanol–water partition coefficient (Wildman–Crippen LogP) is 2.55. The van der Waals surface area contributed by atoms with E-state index in [0.29, 0.717) is 11.3 Å². The molecule has 122 valence electrons. The van der Waals surface area contributed by atoms with Crippen molar-refractivity contribution in [2.75, 3.05) is 0 Å². The van der Waals surface area contributed by atoms with Crippen molar-refractivity contribution in [2.45, 2.75) is 25.9 Å². The van der Waals surface area contributed by atoms with Crippen LogP contribution < -0.4 is 5.32 Å². The van der Waals surface area contributed by atoms with Gasteiger partial charge in [0, 0.05) is 13.0 Å². The molecule has 7 heteroatoms. The summed E-state index contributed by atoms with van der Waals surface area (Å²) in [7, 11) is 0. The van der Waals surface area contributed by atoms with Gasteiger partial charge in [0.05, 0.1) is 12.1 Å². The van der Waals surface area contributed by atoms with Gasteiger partial charge in [-0.2, -0.15) is 0 Å². The van der Waals surface area contributed by atoms with Crippen LogP contribution in [-0.4, -0.2) is 20.7 Å². The van der Waals surface area contributed by atoms with Crippen LogP contribution in [0.15, 0.2) is 40.8 Å². The molecule has 0 radical (unpaired) electrons. The highest BCUT2D eigenvalue weighted by Gasteiger charge is 2.19. The molecule has 4 rings (SSSR count). The van der Waals surface area contributed by atoms with Crippen molar-refractivity contribution in [1.29, 1.82) is 0 Å². The van der Waals surface area contributed by atoms with Gasteiger partial charge >= 0.3 is 0 Å². The van der Waals surface area contributed by atoms with Gasteiger partial charge in [-0.15, -0.1) is 10.2 Å². The first-order valence-electron chi connectivity index (χ1n) is 7.76. The van der Waals surface area contributed by atoms with Crippen LogP contribution in [-0.2, 0) is 19.5 Å². The number of furan rings is 1. The van der Waals surface area contributed by atoms with Gasteiger partial charge < -0.3 is 14.3 Å². The molecule has 3 heterocycles. The van der Waals surface area contributed by atoms with Crippen LogP contribution >= 0.6 is 0 Å². The number of hydrogen-bond donors (Lipinski definition) is 1. The molecule has 0 bridgehead atoms. The van der Waals surface area contributed by atoms with Crippen LogP contribution in [0.5, 0.6) is 0 Å². The van der Waals surface area contributed by atoms with Crippen LogP contribution in [0.3, 0.4) is 0 Å². The third-order valence-electron chi connectivity index (χ3n) is 4.06. The summed E-state index contributed by atoms with van der Waals surface area (Å²) in [4.78, 5) is 12.2. The fraction of sp³-hybridized carbons (Fsp3) is 0.235. The summed E-state index contributed by atoms with van der Waals surface area (Å²) >= 11 is 0. The van der Waals surface area contributed by atoms with E-state index in [0.717, 1.165) is 31.0 Å². The number of halogens is 1. The van der Waals surface area contributed by atoms with Crippen LogP contribution in [0, 0.1) is 5.82 Å². The number of nitrogens with zero attached hydrogens (tertiary/aromatic N) is 3. The SMILES string of the molecule is O=C(NCc1nnc2n1CCC2)c1ccc(-c2ccccc2F)o1. The van der Waals surface area contributed by atoms with Crippen molar-refractivity contribution in [1.82, 2.24) is 20.1 Å². The molecule has 0 spiro atoms. The Hall–Kier alpha value is -2.96. The summed E-state index contributed by atoms with van der Waals surface area (Å²) in [6, 6.07) is 9.39. The number of aromatic nitrogens is 3. The molecule has 1 aromatic carbocycles. The molecular weight excluding hydrogens is 311 g/mol. The maximum absolute atomic E-state index is 13.8. The number of rotatable bonds is 4. The molecular formula is C17H15FN4O2. The molecule has 1 aliphatic rings. The van der Waals surface area contributed by atoms with Crippen molar-refractivity contribution in [3.05, 3.63) is 59.6 Å². The van der Waals surface area contributed by atoms with Gasteiger partial charge in [-0.1, -0.05) is 12.1 Å². The van der Waals surface area contributed by atoms with E-state index in [1.807, 2.05) is 4.57 Å². The van der Waals surface area contributed by atoms with E-state index in [1.165, 1.54) is 12.1 Å². The lowest BCUT2D eigenvalue weighted by Gasteiger charge is -2.04. The van der Waals surface area contributed by atoms with Crippen LogP contribution in [0.4, 0.5) is 4.39 Å². The normalized spacial score (nSPS) is 13.0. The standard InChI is InChI=1S/C17H15FN4O2/c18-12-5-2-1-4-11(12)13-7-8-14(24-13)17(23)19-10-16-21-20-15-6-3-9-22(15)16/h1-2,4-5,7-8H,3,6,9-10H2,(H,19,23). The fourth-order valence-corrected chi connectivity index (χ4v) is 2.85. The van der Waals surface area contributed by atoms with Crippen LogP contribution in [0.2, 0.25) is 0 Å². The van der Waals surface area contributed by atoms with E-state index in [-0.39, 0.29) is 18.2 Å². The number of aryl methyl sites for hydroxylation is 1. The molecule has 1 N–H and O–H groups in total. The summed E-state index contributed by atoms with van der Waals surface area (Å²) in [6.07, 6.45) is 1.97. The van der Waals surface area contributed by atoms with Gasteiger partial charge in [0.15, 0.2) is 11.6 Å². The second kappa shape index (κ2) is 5.92. The zero-order valence-electron chi connectivity index (χ0n) is 12.8. The van der Waals surface area contributed by atoms with Crippen molar-refractivity contribution >= 4 is 5.91 Å². The van der Waals surface area contributed by atoms with Crippen molar-refractivity contribution < 1.29 is 13.6 Å². The number of carbonyl (C=O) groups excluding carboxylic acids is 1. The summed E-state index contributed by atoms with van der Waals surface area (Å²) < 4.78 is 21.3. The van der Waals surface area contributed by atoms with Gasteiger partial charge in [0.1, 0.15) is 17.4 Å². The smallest absolute Gasteiger partial charge is 0.287 e. The lowest BCUT2D eigenvalue weighted by molar-refractivity contribution is 0.0922. The molecule has 6 nitrogen and oxygen atoms in total. The Bertz CT molecular complexity index is 900. The highest BCUT2D eigenvalue weighted by atomic mass is 19.1. The Balaban J connectivity index is 1.46. The van der Waals surface area contributed by atoms with Gasteiger partial charge in [-0.25, -0.2) is 4.39 Å². The molecule has 0 unspecified atom stereocenters. The third-order valence-corrected chi connectivity index (χ3v) is 4.06. The number of nitrogens with one attached hydrogen (secondary N) is 1. The van der Waals surface area contributed by atoms with Crippen molar-refractivity contribution in [3.63, 3.8) is 0 Å².